The maximum absolute atomic E-state index is 12.4. The van der Waals surface area contributed by atoms with Crippen LogP contribution in [0.4, 0.5) is 0 Å². The Morgan fingerprint density at radius 1 is 1.39 bits per heavy atom. The topological polar surface area (TPSA) is 78.9 Å². The van der Waals surface area contributed by atoms with E-state index in [4.69, 9.17) is 21.7 Å². The van der Waals surface area contributed by atoms with E-state index in [9.17, 15) is 14.7 Å². The van der Waals surface area contributed by atoms with Gasteiger partial charge in [0.2, 0.25) is 0 Å². The van der Waals surface area contributed by atoms with E-state index in [2.05, 4.69) is 0 Å². The Hall–Kier alpha value is -2.06. The van der Waals surface area contributed by atoms with Crippen LogP contribution in [0, 0.1) is 0 Å². The summed E-state index contributed by atoms with van der Waals surface area (Å²) >= 11 is 6.13. The number of carboxylic acid groups (broad SMARTS) is 1. The molecule has 0 aromatic heterocycles. The Kier molecular flexibility index (Phi) is 5.27. The van der Waals surface area contributed by atoms with Crippen molar-refractivity contribution in [3.05, 3.63) is 28.7 Å². The second-order valence-corrected chi connectivity index (χ2v) is 6.31. The zero-order chi connectivity index (χ0) is 17.1. The minimum absolute atomic E-state index is 0.180. The first-order valence-corrected chi connectivity index (χ1v) is 7.82. The minimum Gasteiger partial charge on any atom is -0.548 e. The van der Waals surface area contributed by atoms with Gasteiger partial charge in [-0.3, -0.25) is 9.69 Å². The number of carbonyl (C=O) groups excluding carboxylic acids is 2. The molecule has 1 amide bonds. The molecule has 122 valence electrons. The van der Waals surface area contributed by atoms with E-state index in [0.29, 0.717) is 22.0 Å². The fourth-order valence-corrected chi connectivity index (χ4v) is 3.50. The van der Waals surface area contributed by atoms with Crippen molar-refractivity contribution in [1.29, 1.82) is 0 Å². The quantitative estimate of drug-likeness (QED) is 0.579. The molecule has 1 aromatic rings. The number of thiocarbonyl (C=S) groups is 1. The number of hydrogen-bond donors (Lipinski definition) is 0. The third-order valence-corrected chi connectivity index (χ3v) is 4.60. The first-order valence-electron chi connectivity index (χ1n) is 6.59. The van der Waals surface area contributed by atoms with Gasteiger partial charge in [0.1, 0.15) is 4.32 Å². The average molecular weight is 352 g/mol. The monoisotopic (exact) mass is 352 g/mol. The van der Waals surface area contributed by atoms with Crippen molar-refractivity contribution < 1.29 is 24.2 Å². The molecule has 23 heavy (non-hydrogen) atoms. The number of carboxylic acids is 1. The summed E-state index contributed by atoms with van der Waals surface area (Å²) in [5, 5.41) is 11.0. The SMILES string of the molecule is COc1cccc(/C=C2\SC(=S)N([C@H](C)C(=O)[O-])C2=O)c1OC. The van der Waals surface area contributed by atoms with E-state index in [1.54, 1.807) is 24.3 Å². The van der Waals surface area contributed by atoms with Crippen molar-refractivity contribution in [3.63, 3.8) is 0 Å². The number of nitrogens with zero attached hydrogens (tertiary/aromatic N) is 1. The lowest BCUT2D eigenvalue weighted by Crippen LogP contribution is -2.48. The molecule has 0 spiro atoms. The Balaban J connectivity index is 2.40. The summed E-state index contributed by atoms with van der Waals surface area (Å²) in [5.74, 6) is -0.823. The fourth-order valence-electron chi connectivity index (χ4n) is 2.09. The van der Waals surface area contributed by atoms with Crippen LogP contribution >= 0.6 is 24.0 Å². The van der Waals surface area contributed by atoms with E-state index in [1.807, 2.05) is 0 Å². The third-order valence-electron chi connectivity index (χ3n) is 3.27. The van der Waals surface area contributed by atoms with Crippen molar-refractivity contribution in [1.82, 2.24) is 4.90 Å². The lowest BCUT2D eigenvalue weighted by atomic mass is 10.1. The molecule has 2 rings (SSSR count). The summed E-state index contributed by atoms with van der Waals surface area (Å²) < 4.78 is 10.7. The number of aliphatic carboxylic acids is 1. The molecule has 0 radical (unpaired) electrons. The molecule has 1 aliphatic heterocycles. The second-order valence-electron chi connectivity index (χ2n) is 4.63. The van der Waals surface area contributed by atoms with Gasteiger partial charge in [0.15, 0.2) is 11.5 Å². The van der Waals surface area contributed by atoms with E-state index in [1.165, 1.54) is 21.1 Å². The number of benzene rings is 1. The van der Waals surface area contributed by atoms with Crippen LogP contribution in [0.1, 0.15) is 12.5 Å². The van der Waals surface area contributed by atoms with Crippen molar-refractivity contribution in [2.24, 2.45) is 0 Å². The predicted molar refractivity (Wildman–Crippen MR) is 89.0 cm³/mol. The fraction of sp³-hybridized carbons (Fsp3) is 0.267. The molecular weight excluding hydrogens is 338 g/mol. The maximum Gasteiger partial charge on any atom is 0.266 e. The third kappa shape index (κ3) is 3.32. The second kappa shape index (κ2) is 7.01. The van der Waals surface area contributed by atoms with Gasteiger partial charge in [-0.1, -0.05) is 36.1 Å². The largest absolute Gasteiger partial charge is 0.548 e. The van der Waals surface area contributed by atoms with Crippen LogP contribution in [0.5, 0.6) is 11.5 Å². The number of thioether (sulfide) groups is 1. The molecule has 1 saturated heterocycles. The lowest BCUT2D eigenvalue weighted by Gasteiger charge is -2.23. The zero-order valence-electron chi connectivity index (χ0n) is 12.7. The Bertz CT molecular complexity index is 701. The predicted octanol–water partition coefficient (Wildman–Crippen LogP) is 1.04. The van der Waals surface area contributed by atoms with Gasteiger partial charge in [-0.2, -0.15) is 0 Å². The molecule has 0 N–H and O–H groups in total. The smallest absolute Gasteiger partial charge is 0.266 e. The molecule has 0 aliphatic carbocycles. The Morgan fingerprint density at radius 3 is 2.65 bits per heavy atom. The molecular formula is C15H14NO5S2-. The molecule has 1 fully saturated rings. The highest BCUT2D eigenvalue weighted by Gasteiger charge is 2.36. The summed E-state index contributed by atoms with van der Waals surface area (Å²) in [5.41, 5.74) is 0.633. The number of para-hydroxylation sites is 1. The molecule has 6 nitrogen and oxygen atoms in total. The molecule has 1 aromatic carbocycles. The van der Waals surface area contributed by atoms with Gasteiger partial charge in [0, 0.05) is 5.56 Å². The van der Waals surface area contributed by atoms with Crippen molar-refractivity contribution in [3.8, 4) is 11.5 Å². The molecule has 1 aliphatic rings. The van der Waals surface area contributed by atoms with E-state index >= 15 is 0 Å². The summed E-state index contributed by atoms with van der Waals surface area (Å²) in [6.45, 7) is 1.36. The summed E-state index contributed by atoms with van der Waals surface area (Å²) in [4.78, 5) is 24.8. The van der Waals surface area contributed by atoms with Crippen molar-refractivity contribution in [2.75, 3.05) is 14.2 Å². The van der Waals surface area contributed by atoms with Gasteiger partial charge in [0.25, 0.3) is 5.91 Å². The zero-order valence-corrected chi connectivity index (χ0v) is 14.3. The molecule has 1 heterocycles. The van der Waals surface area contributed by atoms with Crippen LogP contribution in [0.25, 0.3) is 6.08 Å². The van der Waals surface area contributed by atoms with Crippen LogP contribution in [0.3, 0.4) is 0 Å². The average Bonchev–Trinajstić information content (AvgIpc) is 2.80. The molecule has 0 bridgehead atoms. The van der Waals surface area contributed by atoms with E-state index < -0.39 is 17.9 Å². The number of carbonyl (C=O) groups is 2. The number of methoxy groups -OCH3 is 2. The van der Waals surface area contributed by atoms with Gasteiger partial charge < -0.3 is 19.4 Å². The van der Waals surface area contributed by atoms with Gasteiger partial charge in [-0.15, -0.1) is 0 Å². The van der Waals surface area contributed by atoms with Crippen LogP contribution in [-0.2, 0) is 9.59 Å². The normalized spacial score (nSPS) is 17.5. The Labute approximate surface area is 143 Å². The van der Waals surface area contributed by atoms with Crippen molar-refractivity contribution in [2.45, 2.75) is 13.0 Å². The summed E-state index contributed by atoms with van der Waals surface area (Å²) in [6, 6.07) is 4.13. The standard InChI is InChI=1S/C15H15NO5S2/c1-8(14(18)19)16-13(17)11(23-15(16)22)7-9-5-4-6-10(20-2)12(9)21-3/h4-8H,1-3H3,(H,18,19)/p-1/b11-7-/t8-/m1/s1. The van der Waals surface area contributed by atoms with Crippen LogP contribution in [0.15, 0.2) is 23.1 Å². The van der Waals surface area contributed by atoms with E-state index in [-0.39, 0.29) is 4.32 Å². The minimum atomic E-state index is -1.36. The van der Waals surface area contributed by atoms with E-state index in [0.717, 1.165) is 16.7 Å². The summed E-state index contributed by atoms with van der Waals surface area (Å²) in [6.07, 6.45) is 1.60. The van der Waals surface area contributed by atoms with Crippen LogP contribution in [0.2, 0.25) is 0 Å². The number of hydrogen-bond acceptors (Lipinski definition) is 7. The highest BCUT2D eigenvalue weighted by molar-refractivity contribution is 8.26. The number of ether oxygens (including phenoxy) is 2. The Morgan fingerprint density at radius 2 is 2.09 bits per heavy atom. The van der Waals surface area contributed by atoms with Crippen LogP contribution < -0.4 is 14.6 Å². The molecule has 0 saturated carbocycles. The highest BCUT2D eigenvalue weighted by Crippen LogP contribution is 2.37. The van der Waals surface area contributed by atoms with Gasteiger partial charge >= 0.3 is 0 Å². The molecule has 8 heteroatoms. The molecule has 1 atom stereocenters. The first-order chi connectivity index (χ1) is 10.9. The van der Waals surface area contributed by atoms with Gasteiger partial charge in [0.05, 0.1) is 31.1 Å². The number of rotatable bonds is 5. The van der Waals surface area contributed by atoms with Crippen LogP contribution in [-0.4, -0.2) is 41.4 Å². The maximum atomic E-state index is 12.4. The van der Waals surface area contributed by atoms with Gasteiger partial charge in [-0.05, 0) is 19.1 Å². The molecule has 0 unspecified atom stereocenters. The van der Waals surface area contributed by atoms with Crippen molar-refractivity contribution >= 4 is 46.3 Å². The highest BCUT2D eigenvalue weighted by atomic mass is 32.2. The van der Waals surface area contributed by atoms with Gasteiger partial charge in [-0.25, -0.2) is 0 Å². The summed E-state index contributed by atoms with van der Waals surface area (Å²) in [7, 11) is 3.02. The first kappa shape index (κ1) is 17.3. The lowest BCUT2D eigenvalue weighted by molar-refractivity contribution is -0.309. The number of amides is 1.